The van der Waals surface area contributed by atoms with Crippen LogP contribution in [0.5, 0.6) is 17.2 Å². The van der Waals surface area contributed by atoms with Crippen LogP contribution in [0.1, 0.15) is 81.4 Å². The van der Waals surface area contributed by atoms with Crippen LogP contribution < -0.4 is 14.4 Å². The van der Waals surface area contributed by atoms with Crippen LogP contribution in [0.15, 0.2) is 43.0 Å². The quantitative estimate of drug-likeness (QED) is 0.177. The van der Waals surface area contributed by atoms with Crippen molar-refractivity contribution in [2.75, 3.05) is 64.0 Å². The van der Waals surface area contributed by atoms with Crippen LogP contribution in [0.2, 0.25) is 0 Å². The van der Waals surface area contributed by atoms with Gasteiger partial charge in [-0.2, -0.15) is 0 Å². The lowest BCUT2D eigenvalue weighted by Crippen LogP contribution is -2.65. The number of carbonyl (C=O) groups excluding carboxylic acids is 2. The molecule has 2 aromatic heterocycles. The van der Waals surface area contributed by atoms with Gasteiger partial charge in [0.05, 0.1) is 37.6 Å². The van der Waals surface area contributed by atoms with Gasteiger partial charge in [-0.25, -0.2) is 19.2 Å². The third-order valence-electron chi connectivity index (χ3n) is 11.4. The fraction of sp³-hybridized carbons (Fsp3) is 0.585. The summed E-state index contributed by atoms with van der Waals surface area (Å²) in [6, 6.07) is 5.95. The Morgan fingerprint density at radius 1 is 1.09 bits per heavy atom. The SMILES string of the molecule is CCCCOC(=O)N1CCOC[C@@H]1CCN1CCc2nccc(OC3CC4(C3)CN(c3ncncc3Oc3ccc(F)cc3C(=O)N(CC)C(C)C)C4)c2C1. The number of hydrogen-bond donors (Lipinski definition) is 0. The highest BCUT2D eigenvalue weighted by Crippen LogP contribution is 2.52. The van der Waals surface area contributed by atoms with Crippen molar-refractivity contribution >= 4 is 17.8 Å². The van der Waals surface area contributed by atoms with Crippen LogP contribution in [-0.4, -0.2) is 119 Å². The summed E-state index contributed by atoms with van der Waals surface area (Å²) in [5, 5.41) is 0. The minimum absolute atomic E-state index is 0.00172. The Bertz CT molecular complexity index is 1820. The van der Waals surface area contributed by atoms with Crippen molar-refractivity contribution in [1.82, 2.24) is 29.7 Å². The van der Waals surface area contributed by atoms with Crippen molar-refractivity contribution in [2.24, 2.45) is 5.41 Å². The Morgan fingerprint density at radius 3 is 2.71 bits per heavy atom. The zero-order valence-electron chi connectivity index (χ0n) is 32.5. The molecule has 1 atom stereocenters. The lowest BCUT2D eigenvalue weighted by molar-refractivity contribution is -0.0353. The maximum atomic E-state index is 14.4. The summed E-state index contributed by atoms with van der Waals surface area (Å²) in [4.78, 5) is 47.7. The molecule has 3 fully saturated rings. The van der Waals surface area contributed by atoms with Gasteiger partial charge in [0, 0.05) is 81.1 Å². The second-order valence-corrected chi connectivity index (χ2v) is 15.6. The van der Waals surface area contributed by atoms with Crippen molar-refractivity contribution in [3.05, 3.63) is 65.6 Å². The molecular formula is C41H54FN7O6. The summed E-state index contributed by atoms with van der Waals surface area (Å²) in [6.45, 7) is 14.5. The molecule has 3 aliphatic heterocycles. The van der Waals surface area contributed by atoms with Crippen molar-refractivity contribution in [3.8, 4) is 17.2 Å². The number of morpholine rings is 1. The Kier molecular flexibility index (Phi) is 12.0. The molecule has 5 heterocycles. The number of anilines is 1. The van der Waals surface area contributed by atoms with Crippen LogP contribution >= 0.6 is 0 Å². The largest absolute Gasteiger partial charge is 0.490 e. The summed E-state index contributed by atoms with van der Waals surface area (Å²) < 4.78 is 38.6. The first-order chi connectivity index (χ1) is 26.7. The first-order valence-corrected chi connectivity index (χ1v) is 19.9. The first kappa shape index (κ1) is 38.7. The smallest absolute Gasteiger partial charge is 0.410 e. The number of hydrogen-bond acceptors (Lipinski definition) is 11. The normalized spacial score (nSPS) is 19.4. The summed E-state index contributed by atoms with van der Waals surface area (Å²) in [7, 11) is 0. The second kappa shape index (κ2) is 17.1. The monoisotopic (exact) mass is 759 g/mol. The molecule has 296 valence electrons. The van der Waals surface area contributed by atoms with Gasteiger partial charge in [-0.15, -0.1) is 0 Å². The molecule has 2 amide bonds. The molecule has 0 N–H and O–H groups in total. The number of benzene rings is 1. The fourth-order valence-corrected chi connectivity index (χ4v) is 8.36. The van der Waals surface area contributed by atoms with Crippen LogP contribution in [0.3, 0.4) is 0 Å². The highest BCUT2D eigenvalue weighted by Gasteiger charge is 2.54. The topological polar surface area (TPSA) is 123 Å². The zero-order chi connectivity index (χ0) is 38.5. The maximum absolute atomic E-state index is 14.4. The molecule has 0 bridgehead atoms. The highest BCUT2D eigenvalue weighted by molar-refractivity contribution is 5.97. The number of nitrogens with zero attached hydrogens (tertiary/aromatic N) is 7. The molecule has 55 heavy (non-hydrogen) atoms. The van der Waals surface area contributed by atoms with E-state index in [4.69, 9.17) is 23.9 Å². The van der Waals surface area contributed by atoms with Gasteiger partial charge >= 0.3 is 6.09 Å². The number of amides is 2. The van der Waals surface area contributed by atoms with Gasteiger partial charge in [0.25, 0.3) is 5.91 Å². The van der Waals surface area contributed by atoms with E-state index in [0.717, 1.165) is 88.3 Å². The van der Waals surface area contributed by atoms with Gasteiger partial charge in [0.15, 0.2) is 11.6 Å². The molecule has 13 nitrogen and oxygen atoms in total. The average Bonchev–Trinajstić information content (AvgIpc) is 3.15. The Morgan fingerprint density at radius 2 is 1.93 bits per heavy atom. The zero-order valence-corrected chi connectivity index (χ0v) is 32.5. The van der Waals surface area contributed by atoms with Crippen molar-refractivity contribution < 1.29 is 32.9 Å². The number of carbonyl (C=O) groups is 2. The van der Waals surface area contributed by atoms with Gasteiger partial charge < -0.3 is 33.6 Å². The maximum Gasteiger partial charge on any atom is 0.410 e. The van der Waals surface area contributed by atoms with E-state index >= 15 is 0 Å². The Labute approximate surface area is 323 Å². The highest BCUT2D eigenvalue weighted by atomic mass is 19.1. The minimum Gasteiger partial charge on any atom is -0.490 e. The number of halogens is 1. The number of ether oxygens (including phenoxy) is 4. The molecule has 14 heteroatoms. The van der Waals surface area contributed by atoms with Gasteiger partial charge in [0.1, 0.15) is 29.7 Å². The molecule has 0 unspecified atom stereocenters. The second-order valence-electron chi connectivity index (χ2n) is 15.6. The molecule has 2 saturated heterocycles. The van der Waals surface area contributed by atoms with E-state index in [1.165, 1.54) is 24.5 Å². The van der Waals surface area contributed by atoms with E-state index in [2.05, 4.69) is 26.7 Å². The predicted octanol–water partition coefficient (Wildman–Crippen LogP) is 6.11. The molecule has 7 rings (SSSR count). The van der Waals surface area contributed by atoms with Crippen molar-refractivity contribution in [3.63, 3.8) is 0 Å². The molecule has 1 aromatic carbocycles. The predicted molar refractivity (Wildman–Crippen MR) is 204 cm³/mol. The summed E-state index contributed by atoms with van der Waals surface area (Å²) in [5.74, 6) is 1.43. The summed E-state index contributed by atoms with van der Waals surface area (Å²) >= 11 is 0. The van der Waals surface area contributed by atoms with Gasteiger partial charge in [-0.3, -0.25) is 14.7 Å². The number of pyridine rings is 1. The van der Waals surface area contributed by atoms with Crippen molar-refractivity contribution in [2.45, 2.75) is 91.0 Å². The standard InChI is InChI=1S/C41H54FN7O6/c1-5-7-17-53-40(51)49-16-18-52-24-30(49)11-14-46-15-12-34-33(23-46)36(10-13-44-34)54-31-20-41(21-31)25-47(26-41)38-37(22-43-27-45-38)55-35-9-8-29(42)19-32(35)39(50)48(6-2)28(3)4/h8-10,13,19,22,27-28,30-31H,5-7,11-12,14-18,20-21,23-26H2,1-4H3/t30-/m0/s1. The van der Waals surface area contributed by atoms with E-state index < -0.39 is 5.82 Å². The van der Waals surface area contributed by atoms with E-state index in [9.17, 15) is 14.0 Å². The van der Waals surface area contributed by atoms with Crippen LogP contribution in [0, 0.1) is 11.2 Å². The number of fused-ring (bicyclic) bond motifs is 1. The minimum atomic E-state index is -0.504. The van der Waals surface area contributed by atoms with Gasteiger partial charge in [0.2, 0.25) is 0 Å². The lowest BCUT2D eigenvalue weighted by atomic mass is 9.61. The molecular weight excluding hydrogens is 705 g/mol. The van der Waals surface area contributed by atoms with Crippen LogP contribution in [-0.2, 0) is 22.4 Å². The number of unbranched alkanes of at least 4 members (excludes halogenated alkanes) is 1. The molecule has 0 radical (unpaired) electrons. The molecule has 3 aromatic rings. The molecule has 1 saturated carbocycles. The fourth-order valence-electron chi connectivity index (χ4n) is 8.36. The van der Waals surface area contributed by atoms with E-state index in [1.54, 1.807) is 11.1 Å². The number of rotatable bonds is 14. The number of aromatic nitrogens is 3. The van der Waals surface area contributed by atoms with E-state index in [0.29, 0.717) is 44.5 Å². The van der Waals surface area contributed by atoms with E-state index in [1.807, 2.05) is 37.9 Å². The van der Waals surface area contributed by atoms with Crippen molar-refractivity contribution in [1.29, 1.82) is 0 Å². The third-order valence-corrected chi connectivity index (χ3v) is 11.4. The van der Waals surface area contributed by atoms with Crippen LogP contribution in [0.4, 0.5) is 15.0 Å². The van der Waals surface area contributed by atoms with Gasteiger partial charge in [-0.1, -0.05) is 13.3 Å². The first-order valence-electron chi connectivity index (χ1n) is 19.9. The molecule has 4 aliphatic rings. The van der Waals surface area contributed by atoms with E-state index in [-0.39, 0.29) is 46.9 Å². The Hall–Kier alpha value is -4.56. The lowest BCUT2D eigenvalue weighted by Gasteiger charge is -2.59. The Balaban J connectivity index is 0.935. The van der Waals surface area contributed by atoms with Crippen LogP contribution in [0.25, 0.3) is 0 Å². The summed E-state index contributed by atoms with van der Waals surface area (Å²) in [5.41, 5.74) is 2.52. The third kappa shape index (κ3) is 8.65. The average molecular weight is 760 g/mol. The molecule has 1 aliphatic carbocycles. The summed E-state index contributed by atoms with van der Waals surface area (Å²) in [6.07, 6.45) is 10.2. The van der Waals surface area contributed by atoms with Gasteiger partial charge in [-0.05, 0) is 70.7 Å². The molecule has 1 spiro atoms.